The van der Waals surface area contributed by atoms with Gasteiger partial charge in [0, 0.05) is 4.47 Å². The van der Waals surface area contributed by atoms with Gasteiger partial charge in [-0.3, -0.25) is 0 Å². The summed E-state index contributed by atoms with van der Waals surface area (Å²) in [5.74, 6) is 0. The van der Waals surface area contributed by atoms with E-state index in [1.165, 1.54) is 17.7 Å². The van der Waals surface area contributed by atoms with Gasteiger partial charge in [0.1, 0.15) is 0 Å². The second-order valence-corrected chi connectivity index (χ2v) is 7.37. The third-order valence-corrected chi connectivity index (χ3v) is 4.99. The molecule has 0 saturated heterocycles. The van der Waals surface area contributed by atoms with Crippen molar-refractivity contribution in [2.45, 2.75) is 25.2 Å². The summed E-state index contributed by atoms with van der Waals surface area (Å²) < 4.78 is 25.1. The number of hydrogen-bond donors (Lipinski definition) is 1. The molecule has 0 aliphatic carbocycles. The largest absolute Gasteiger partial charge is 0.276 e. The maximum absolute atomic E-state index is 12.1. The number of nitrogens with one attached hydrogen (secondary N) is 1. The van der Waals surface area contributed by atoms with Crippen molar-refractivity contribution in [2.24, 2.45) is 5.10 Å². The van der Waals surface area contributed by atoms with Gasteiger partial charge in [0.2, 0.25) is 0 Å². The van der Waals surface area contributed by atoms with Crippen LogP contribution in [0.2, 0.25) is 0 Å². The van der Waals surface area contributed by atoms with Crippen LogP contribution in [0.3, 0.4) is 0 Å². The molecule has 0 saturated carbocycles. The normalized spacial score (nSPS) is 12.2. The van der Waals surface area contributed by atoms with E-state index in [2.05, 4.69) is 32.8 Å². The number of nitrogens with zero attached hydrogens (tertiary/aromatic N) is 1. The van der Waals surface area contributed by atoms with E-state index in [1.54, 1.807) is 19.1 Å². The van der Waals surface area contributed by atoms with Crippen LogP contribution in [0.4, 0.5) is 0 Å². The highest BCUT2D eigenvalue weighted by Crippen LogP contribution is 2.14. The van der Waals surface area contributed by atoms with Gasteiger partial charge in [0.05, 0.1) is 10.6 Å². The summed E-state index contributed by atoms with van der Waals surface area (Å²) in [5.41, 5.74) is 2.73. The molecule has 0 aliphatic rings. The van der Waals surface area contributed by atoms with E-state index in [0.717, 1.165) is 16.5 Å². The Morgan fingerprint density at radius 2 is 1.68 bits per heavy atom. The van der Waals surface area contributed by atoms with Crippen molar-refractivity contribution in [1.29, 1.82) is 0 Å². The molecule has 1 N–H and O–H groups in total. The molecule has 2 aromatic carbocycles. The van der Waals surface area contributed by atoms with Gasteiger partial charge in [-0.2, -0.15) is 18.4 Å². The number of sulfonamides is 1. The lowest BCUT2D eigenvalue weighted by molar-refractivity contribution is 0.584. The van der Waals surface area contributed by atoms with Crippen LogP contribution < -0.4 is 4.83 Å². The van der Waals surface area contributed by atoms with E-state index in [-0.39, 0.29) is 4.90 Å². The minimum absolute atomic E-state index is 0.175. The van der Waals surface area contributed by atoms with Crippen molar-refractivity contribution in [3.8, 4) is 0 Å². The molecule has 0 aromatic heterocycles. The van der Waals surface area contributed by atoms with Crippen molar-refractivity contribution in [3.63, 3.8) is 0 Å². The van der Waals surface area contributed by atoms with E-state index in [9.17, 15) is 8.42 Å². The summed E-state index contributed by atoms with van der Waals surface area (Å²) >= 11 is 3.27. The molecule has 0 aliphatic heterocycles. The monoisotopic (exact) mass is 380 g/mol. The van der Waals surface area contributed by atoms with Crippen molar-refractivity contribution in [1.82, 2.24) is 4.83 Å². The molecular weight excluding hydrogens is 364 g/mol. The topological polar surface area (TPSA) is 58.5 Å². The average Bonchev–Trinajstić information content (AvgIpc) is 2.53. The number of benzene rings is 2. The molecule has 0 unspecified atom stereocenters. The second-order valence-electron chi connectivity index (χ2n) is 4.80. The lowest BCUT2D eigenvalue weighted by atomic mass is 10.1. The van der Waals surface area contributed by atoms with Gasteiger partial charge in [-0.1, -0.05) is 47.1 Å². The maximum atomic E-state index is 12.1. The predicted molar refractivity (Wildman–Crippen MR) is 92.5 cm³/mol. The van der Waals surface area contributed by atoms with Crippen molar-refractivity contribution in [3.05, 3.63) is 64.1 Å². The smallest absolute Gasteiger partial charge is 0.200 e. The summed E-state index contributed by atoms with van der Waals surface area (Å²) in [5, 5.41) is 3.99. The Morgan fingerprint density at radius 1 is 1.09 bits per heavy atom. The summed E-state index contributed by atoms with van der Waals surface area (Å²) in [6, 6.07) is 14.3. The second kappa shape index (κ2) is 7.07. The molecule has 6 heteroatoms. The first kappa shape index (κ1) is 16.7. The quantitative estimate of drug-likeness (QED) is 0.634. The van der Waals surface area contributed by atoms with Crippen LogP contribution in [-0.4, -0.2) is 14.1 Å². The number of halogens is 1. The Kier molecular flexibility index (Phi) is 5.37. The lowest BCUT2D eigenvalue weighted by Crippen LogP contribution is -2.19. The van der Waals surface area contributed by atoms with E-state index >= 15 is 0 Å². The SMILES string of the molecule is CCc1ccc(C(C)=NNS(=O)(=O)c2ccc(Br)cc2)cc1. The number of rotatable bonds is 5. The van der Waals surface area contributed by atoms with Crippen molar-refractivity contribution >= 4 is 31.7 Å². The standard InChI is InChI=1S/C16H17BrN2O2S/c1-3-13-4-6-14(7-5-13)12(2)18-19-22(20,21)16-10-8-15(17)9-11-16/h4-11,19H,3H2,1-2H3. The summed E-state index contributed by atoms with van der Waals surface area (Å²) in [4.78, 5) is 2.44. The predicted octanol–water partition coefficient (Wildman–Crippen LogP) is 3.71. The molecule has 0 amide bonds. The molecule has 0 bridgehead atoms. The summed E-state index contributed by atoms with van der Waals surface area (Å²) in [6.07, 6.45) is 0.965. The van der Waals surface area contributed by atoms with E-state index in [4.69, 9.17) is 0 Å². The van der Waals surface area contributed by atoms with E-state index < -0.39 is 10.0 Å². The van der Waals surface area contributed by atoms with E-state index in [0.29, 0.717) is 5.71 Å². The van der Waals surface area contributed by atoms with Gasteiger partial charge in [-0.05, 0) is 48.7 Å². The third kappa shape index (κ3) is 4.18. The van der Waals surface area contributed by atoms with Gasteiger partial charge in [-0.15, -0.1) is 0 Å². The third-order valence-electron chi connectivity index (χ3n) is 3.24. The minimum atomic E-state index is -3.65. The molecule has 4 nitrogen and oxygen atoms in total. The zero-order valence-electron chi connectivity index (χ0n) is 12.4. The van der Waals surface area contributed by atoms with Gasteiger partial charge in [0.15, 0.2) is 0 Å². The molecular formula is C16H17BrN2O2S. The maximum Gasteiger partial charge on any atom is 0.276 e. The highest BCUT2D eigenvalue weighted by Gasteiger charge is 2.12. The minimum Gasteiger partial charge on any atom is -0.200 e. The van der Waals surface area contributed by atoms with Crippen molar-refractivity contribution < 1.29 is 8.42 Å². The fraction of sp³-hybridized carbons (Fsp3) is 0.188. The van der Waals surface area contributed by atoms with Gasteiger partial charge in [-0.25, -0.2) is 0 Å². The van der Waals surface area contributed by atoms with Crippen LogP contribution >= 0.6 is 15.9 Å². The zero-order valence-corrected chi connectivity index (χ0v) is 14.8. The zero-order chi connectivity index (χ0) is 16.2. The molecule has 0 fully saturated rings. The Balaban J connectivity index is 2.16. The molecule has 0 atom stereocenters. The van der Waals surface area contributed by atoms with Gasteiger partial charge >= 0.3 is 0 Å². The molecule has 0 spiro atoms. The molecule has 116 valence electrons. The lowest BCUT2D eigenvalue weighted by Gasteiger charge is -2.06. The number of aryl methyl sites for hydroxylation is 1. The van der Waals surface area contributed by atoms with Gasteiger partial charge < -0.3 is 0 Å². The molecule has 0 radical (unpaired) electrons. The van der Waals surface area contributed by atoms with Crippen LogP contribution in [0.15, 0.2) is 63.0 Å². The molecule has 22 heavy (non-hydrogen) atoms. The Morgan fingerprint density at radius 3 is 2.23 bits per heavy atom. The highest BCUT2D eigenvalue weighted by molar-refractivity contribution is 9.10. The average molecular weight is 381 g/mol. The molecule has 2 aromatic rings. The first-order valence-corrected chi connectivity index (χ1v) is 9.11. The Labute approximate surface area is 139 Å². The van der Waals surface area contributed by atoms with Crippen molar-refractivity contribution in [2.75, 3.05) is 0 Å². The van der Waals surface area contributed by atoms with E-state index in [1.807, 2.05) is 24.3 Å². The van der Waals surface area contributed by atoms with Gasteiger partial charge in [0.25, 0.3) is 10.0 Å². The van der Waals surface area contributed by atoms with Crippen LogP contribution in [0.5, 0.6) is 0 Å². The van der Waals surface area contributed by atoms with Crippen LogP contribution in [-0.2, 0) is 16.4 Å². The molecule has 2 rings (SSSR count). The number of hydrogen-bond acceptors (Lipinski definition) is 3. The van der Waals surface area contributed by atoms with Crippen LogP contribution in [0.25, 0.3) is 0 Å². The van der Waals surface area contributed by atoms with Crippen LogP contribution in [0.1, 0.15) is 25.0 Å². The first-order valence-electron chi connectivity index (χ1n) is 6.83. The van der Waals surface area contributed by atoms with Crippen LogP contribution in [0, 0.1) is 0 Å². The summed E-state index contributed by atoms with van der Waals surface area (Å²) in [7, 11) is -3.65. The first-order chi connectivity index (χ1) is 10.4. The number of hydrazone groups is 1. The Hall–Kier alpha value is -1.66. The Bertz CT molecular complexity index is 767. The highest BCUT2D eigenvalue weighted by atomic mass is 79.9. The summed E-state index contributed by atoms with van der Waals surface area (Å²) in [6.45, 7) is 3.85. The fourth-order valence-electron chi connectivity index (χ4n) is 1.84. The molecule has 0 heterocycles. The fourth-order valence-corrected chi connectivity index (χ4v) is 2.96.